The molecule has 0 aliphatic rings. The van der Waals surface area contributed by atoms with Crippen molar-refractivity contribution in [2.24, 2.45) is 4.99 Å². The van der Waals surface area contributed by atoms with Gasteiger partial charge in [-0.1, -0.05) is 0 Å². The molecule has 0 N–H and O–H groups in total. The van der Waals surface area contributed by atoms with E-state index >= 15 is 0 Å². The van der Waals surface area contributed by atoms with Crippen LogP contribution in [0.3, 0.4) is 0 Å². The molecule has 0 bridgehead atoms. The zero-order chi connectivity index (χ0) is 10.3. The van der Waals surface area contributed by atoms with Crippen molar-refractivity contribution in [3.8, 4) is 0 Å². The van der Waals surface area contributed by atoms with Gasteiger partial charge in [-0.25, -0.2) is 0 Å². The molecule has 0 unspecified atom stereocenters. The van der Waals surface area contributed by atoms with E-state index < -0.39 is 0 Å². The molecule has 0 atom stereocenters. The van der Waals surface area contributed by atoms with Gasteiger partial charge in [0.25, 0.3) is 0 Å². The molecule has 14 heavy (non-hydrogen) atoms. The third-order valence-corrected chi connectivity index (χ3v) is 1.53. The summed E-state index contributed by atoms with van der Waals surface area (Å²) in [5.41, 5.74) is 0. The van der Waals surface area contributed by atoms with Crippen molar-refractivity contribution in [1.82, 2.24) is 4.90 Å². The van der Waals surface area contributed by atoms with Gasteiger partial charge in [-0.05, 0) is 13.8 Å². The molecule has 4 nitrogen and oxygen atoms in total. The molecule has 0 aliphatic heterocycles. The maximum Gasteiger partial charge on any atom is 0.216 e. The van der Waals surface area contributed by atoms with Gasteiger partial charge < -0.3 is 14.4 Å². The Balaban J connectivity index is 0. The lowest BCUT2D eigenvalue weighted by Crippen LogP contribution is -2.37. The van der Waals surface area contributed by atoms with Crippen LogP contribution in [0.2, 0.25) is 0 Å². The number of nitrogens with zero attached hydrogens (tertiary/aromatic N) is 2. The molecule has 5 heteroatoms. The summed E-state index contributed by atoms with van der Waals surface area (Å²) in [4.78, 5) is 6.02. The first-order valence-electron chi connectivity index (χ1n) is 4.54. The first-order valence-corrected chi connectivity index (χ1v) is 4.54. The lowest BCUT2D eigenvalue weighted by Gasteiger charge is -2.23. The third kappa shape index (κ3) is 5.42. The van der Waals surface area contributed by atoms with Crippen molar-refractivity contribution in [2.45, 2.75) is 20.1 Å². The van der Waals surface area contributed by atoms with Crippen molar-refractivity contribution in [1.29, 1.82) is 0 Å². The number of hydrogen-bond donors (Lipinski definition) is 0. The van der Waals surface area contributed by atoms with Gasteiger partial charge in [0.1, 0.15) is 0 Å². The molecule has 0 aromatic heterocycles. The molecule has 0 aromatic rings. The fourth-order valence-electron chi connectivity index (χ4n) is 1.02. The average Bonchev–Trinajstić information content (AvgIpc) is 2.05. The summed E-state index contributed by atoms with van der Waals surface area (Å²) >= 11 is 0. The van der Waals surface area contributed by atoms with Crippen LogP contribution in [0.15, 0.2) is 4.99 Å². The van der Waals surface area contributed by atoms with Gasteiger partial charge in [-0.2, -0.15) is 0 Å². The van der Waals surface area contributed by atoms with Crippen LogP contribution in [0.5, 0.6) is 0 Å². The summed E-state index contributed by atoms with van der Waals surface area (Å²) in [6.45, 7) is 5.12. The predicted molar refractivity (Wildman–Crippen MR) is 61.3 cm³/mol. The number of aliphatic imine (C=N–C) groups is 1. The molecule has 0 fully saturated rings. The van der Waals surface area contributed by atoms with E-state index in [0.29, 0.717) is 13.2 Å². The molecule has 0 rings (SSSR count). The molecular formula is C9H21ClN2O2. The van der Waals surface area contributed by atoms with E-state index in [-0.39, 0.29) is 18.7 Å². The van der Waals surface area contributed by atoms with Crippen molar-refractivity contribution in [2.75, 3.05) is 34.4 Å². The Bertz CT molecular complexity index is 157. The van der Waals surface area contributed by atoms with E-state index in [0.717, 1.165) is 5.84 Å². The summed E-state index contributed by atoms with van der Waals surface area (Å²) in [5, 5.41) is 0. The van der Waals surface area contributed by atoms with Gasteiger partial charge in [-0.3, -0.25) is 4.99 Å². The van der Waals surface area contributed by atoms with E-state index in [2.05, 4.69) is 4.99 Å². The van der Waals surface area contributed by atoms with E-state index in [9.17, 15) is 0 Å². The molecular weight excluding hydrogens is 204 g/mol. The maximum atomic E-state index is 5.40. The topological polar surface area (TPSA) is 34.1 Å². The fourth-order valence-corrected chi connectivity index (χ4v) is 1.02. The highest BCUT2D eigenvalue weighted by atomic mass is 35.5. The zero-order valence-electron chi connectivity index (χ0n) is 9.61. The minimum absolute atomic E-state index is 0. The molecule has 0 spiro atoms. The minimum atomic E-state index is -0.338. The molecule has 0 aromatic carbocycles. The Morgan fingerprint density at radius 3 is 1.86 bits per heavy atom. The second kappa shape index (κ2) is 9.24. The number of ether oxygens (including phenoxy) is 2. The van der Waals surface area contributed by atoms with Crippen LogP contribution in [-0.4, -0.2) is 51.4 Å². The van der Waals surface area contributed by atoms with Gasteiger partial charge in [0.05, 0.1) is 0 Å². The minimum Gasteiger partial charge on any atom is -0.362 e. The van der Waals surface area contributed by atoms with Gasteiger partial charge in [-0.15, -0.1) is 12.4 Å². The summed E-state index contributed by atoms with van der Waals surface area (Å²) in [5.74, 6) is 0.809. The van der Waals surface area contributed by atoms with Crippen LogP contribution in [0.1, 0.15) is 13.8 Å². The Labute approximate surface area is 92.7 Å². The smallest absolute Gasteiger partial charge is 0.216 e. The second-order valence-corrected chi connectivity index (χ2v) is 2.72. The number of rotatable bonds is 5. The van der Waals surface area contributed by atoms with E-state index in [4.69, 9.17) is 9.47 Å². The Kier molecular flexibility index (Phi) is 10.6. The summed E-state index contributed by atoms with van der Waals surface area (Å²) in [6, 6.07) is 0. The van der Waals surface area contributed by atoms with Gasteiger partial charge in [0.15, 0.2) is 5.84 Å². The quantitative estimate of drug-likeness (QED) is 0.402. The molecule has 0 amide bonds. The number of amidine groups is 1. The van der Waals surface area contributed by atoms with Crippen LogP contribution in [0.4, 0.5) is 0 Å². The van der Waals surface area contributed by atoms with Crippen molar-refractivity contribution < 1.29 is 9.47 Å². The standard InChI is InChI=1S/C9H20N2O2.ClH/c1-6-12-9(13-7-2)8(10-3)11(4)5;/h9H,6-7H2,1-5H3;1H. The fraction of sp³-hybridized carbons (Fsp3) is 0.889. The average molecular weight is 225 g/mol. The van der Waals surface area contributed by atoms with Crippen molar-refractivity contribution in [3.63, 3.8) is 0 Å². The van der Waals surface area contributed by atoms with Crippen molar-refractivity contribution >= 4 is 18.2 Å². The predicted octanol–water partition coefficient (Wildman–Crippen LogP) is 1.40. The lowest BCUT2D eigenvalue weighted by molar-refractivity contribution is -0.0948. The van der Waals surface area contributed by atoms with Crippen LogP contribution in [0, 0.1) is 0 Å². The molecule has 0 saturated carbocycles. The summed E-state index contributed by atoms with van der Waals surface area (Å²) in [6.07, 6.45) is -0.338. The zero-order valence-corrected chi connectivity index (χ0v) is 10.4. The Morgan fingerprint density at radius 2 is 1.64 bits per heavy atom. The summed E-state index contributed by atoms with van der Waals surface area (Å²) < 4.78 is 10.8. The van der Waals surface area contributed by atoms with E-state index in [1.54, 1.807) is 7.05 Å². The molecule has 0 radical (unpaired) electrons. The molecule has 0 saturated heterocycles. The highest BCUT2D eigenvalue weighted by Gasteiger charge is 2.17. The third-order valence-electron chi connectivity index (χ3n) is 1.53. The van der Waals surface area contributed by atoms with Gasteiger partial charge in [0, 0.05) is 34.4 Å². The largest absolute Gasteiger partial charge is 0.362 e. The van der Waals surface area contributed by atoms with Crippen LogP contribution in [-0.2, 0) is 9.47 Å². The van der Waals surface area contributed by atoms with E-state index in [1.165, 1.54) is 0 Å². The lowest BCUT2D eigenvalue weighted by atomic mass is 10.5. The normalized spacial score (nSPS) is 11.4. The molecule has 86 valence electrons. The first kappa shape index (κ1) is 16.1. The Hall–Kier alpha value is -0.320. The first-order chi connectivity index (χ1) is 6.17. The number of hydrogen-bond acceptors (Lipinski definition) is 3. The van der Waals surface area contributed by atoms with Crippen LogP contribution in [0.25, 0.3) is 0 Å². The van der Waals surface area contributed by atoms with E-state index in [1.807, 2.05) is 32.8 Å². The number of likely N-dealkylation sites (N-methyl/N-ethyl adjacent to an activating group) is 1. The van der Waals surface area contributed by atoms with Crippen LogP contribution >= 0.6 is 12.4 Å². The van der Waals surface area contributed by atoms with Gasteiger partial charge >= 0.3 is 0 Å². The summed E-state index contributed by atoms with van der Waals surface area (Å²) in [7, 11) is 5.58. The molecule has 0 aliphatic carbocycles. The Morgan fingerprint density at radius 1 is 1.21 bits per heavy atom. The SMILES string of the molecule is CCOC(OCC)C(=NC)N(C)C.Cl. The number of halogens is 1. The highest BCUT2D eigenvalue weighted by molar-refractivity contribution is 5.85. The highest BCUT2D eigenvalue weighted by Crippen LogP contribution is 2.00. The maximum absolute atomic E-state index is 5.40. The monoisotopic (exact) mass is 224 g/mol. The van der Waals surface area contributed by atoms with Crippen LogP contribution < -0.4 is 0 Å². The molecule has 0 heterocycles. The van der Waals surface area contributed by atoms with Crippen molar-refractivity contribution in [3.05, 3.63) is 0 Å². The van der Waals surface area contributed by atoms with Gasteiger partial charge in [0.2, 0.25) is 6.29 Å². The second-order valence-electron chi connectivity index (χ2n) is 2.72.